The van der Waals surface area contributed by atoms with Gasteiger partial charge in [0.2, 0.25) is 0 Å². The highest BCUT2D eigenvalue weighted by atomic mass is 16.6. The van der Waals surface area contributed by atoms with Crippen molar-refractivity contribution < 1.29 is 14.3 Å². The number of nitrogens with one attached hydrogen (secondary N) is 1. The number of hydrogen-bond donors (Lipinski definition) is 1. The molecular formula is C22H40N4O3. The molecule has 3 rings (SSSR count). The van der Waals surface area contributed by atoms with Crippen molar-refractivity contribution in [3.05, 3.63) is 0 Å². The molecule has 2 saturated carbocycles. The van der Waals surface area contributed by atoms with Crippen molar-refractivity contribution in [3.63, 3.8) is 0 Å². The quantitative estimate of drug-likeness (QED) is 0.380. The third-order valence-electron chi connectivity index (χ3n) is 5.78. The molecule has 1 N–H and O–H groups in total. The van der Waals surface area contributed by atoms with Crippen LogP contribution >= 0.6 is 0 Å². The molecule has 3 fully saturated rings. The summed E-state index contributed by atoms with van der Waals surface area (Å²) in [4.78, 5) is 21.5. The zero-order valence-electron chi connectivity index (χ0n) is 18.8. The van der Waals surface area contributed by atoms with E-state index in [4.69, 9.17) is 9.47 Å². The molecule has 2 aliphatic carbocycles. The number of guanidine groups is 1. The van der Waals surface area contributed by atoms with Crippen molar-refractivity contribution in [3.8, 4) is 0 Å². The van der Waals surface area contributed by atoms with Crippen molar-refractivity contribution in [2.45, 2.75) is 70.9 Å². The smallest absolute Gasteiger partial charge is 0.410 e. The average Bonchev–Trinajstić information content (AvgIpc) is 3.57. The van der Waals surface area contributed by atoms with Crippen LogP contribution in [-0.2, 0) is 9.47 Å². The minimum atomic E-state index is -0.451. The zero-order valence-corrected chi connectivity index (χ0v) is 18.8. The Morgan fingerprint density at radius 2 is 1.76 bits per heavy atom. The van der Waals surface area contributed by atoms with Crippen molar-refractivity contribution in [2.75, 3.05) is 46.4 Å². The van der Waals surface area contributed by atoms with E-state index in [1.54, 1.807) is 0 Å². The average molecular weight is 409 g/mol. The molecule has 1 heterocycles. The fourth-order valence-corrected chi connectivity index (χ4v) is 3.76. The van der Waals surface area contributed by atoms with E-state index < -0.39 is 5.60 Å². The Balaban J connectivity index is 1.44. The maximum absolute atomic E-state index is 12.8. The fourth-order valence-electron chi connectivity index (χ4n) is 3.76. The van der Waals surface area contributed by atoms with Gasteiger partial charge >= 0.3 is 6.09 Å². The van der Waals surface area contributed by atoms with Crippen LogP contribution in [0.3, 0.4) is 0 Å². The van der Waals surface area contributed by atoms with Crippen LogP contribution < -0.4 is 5.32 Å². The van der Waals surface area contributed by atoms with E-state index in [0.717, 1.165) is 64.1 Å². The van der Waals surface area contributed by atoms with Gasteiger partial charge in [0, 0.05) is 45.9 Å². The van der Waals surface area contributed by atoms with E-state index >= 15 is 0 Å². The summed E-state index contributed by atoms with van der Waals surface area (Å²) in [5.41, 5.74) is -0.451. The second kappa shape index (κ2) is 10.0. The molecule has 1 saturated heterocycles. The third-order valence-corrected chi connectivity index (χ3v) is 5.78. The van der Waals surface area contributed by atoms with E-state index in [1.165, 1.54) is 25.7 Å². The lowest BCUT2D eigenvalue weighted by Crippen LogP contribution is -2.52. The molecule has 0 aromatic rings. The van der Waals surface area contributed by atoms with Gasteiger partial charge in [-0.2, -0.15) is 0 Å². The minimum Gasteiger partial charge on any atom is -0.444 e. The van der Waals surface area contributed by atoms with Crippen LogP contribution in [0.2, 0.25) is 0 Å². The Hall–Kier alpha value is -1.50. The second-order valence-electron chi connectivity index (χ2n) is 9.79. The van der Waals surface area contributed by atoms with Crippen LogP contribution in [0.5, 0.6) is 0 Å². The Labute approximate surface area is 176 Å². The lowest BCUT2D eigenvalue weighted by Gasteiger charge is -2.40. The molecular weight excluding hydrogens is 368 g/mol. The standard InChI is InChI=1S/C22H40N4O3/c1-22(2,3)29-21(27)26(15-17-5-6-17)19-9-12-25(13-10-19)20(23-4)24-11-14-28-16-18-7-8-18/h17-19H,5-16H2,1-4H3,(H,23,24). The first kappa shape index (κ1) is 22.2. The number of amides is 1. The van der Waals surface area contributed by atoms with Crippen molar-refractivity contribution >= 4 is 12.1 Å². The Morgan fingerprint density at radius 1 is 1.10 bits per heavy atom. The molecule has 166 valence electrons. The summed E-state index contributed by atoms with van der Waals surface area (Å²) in [6, 6.07) is 0.252. The number of likely N-dealkylation sites (tertiary alicyclic amines) is 1. The molecule has 7 nitrogen and oxygen atoms in total. The summed E-state index contributed by atoms with van der Waals surface area (Å²) < 4.78 is 11.4. The summed E-state index contributed by atoms with van der Waals surface area (Å²) in [6.07, 6.45) is 6.86. The summed E-state index contributed by atoms with van der Waals surface area (Å²) in [5, 5.41) is 3.42. The number of rotatable bonds is 8. The van der Waals surface area contributed by atoms with Crippen molar-refractivity contribution in [1.29, 1.82) is 0 Å². The Morgan fingerprint density at radius 3 is 2.31 bits per heavy atom. The van der Waals surface area contributed by atoms with Crippen molar-refractivity contribution in [1.82, 2.24) is 15.1 Å². The van der Waals surface area contributed by atoms with Gasteiger partial charge in [-0.25, -0.2) is 4.79 Å². The molecule has 7 heteroatoms. The molecule has 0 unspecified atom stereocenters. The summed E-state index contributed by atoms with van der Waals surface area (Å²) in [6.45, 7) is 10.9. The van der Waals surface area contributed by atoms with Gasteiger partial charge in [-0.3, -0.25) is 4.99 Å². The van der Waals surface area contributed by atoms with E-state index in [0.29, 0.717) is 5.92 Å². The summed E-state index contributed by atoms with van der Waals surface area (Å²) >= 11 is 0. The maximum atomic E-state index is 12.8. The van der Waals surface area contributed by atoms with Gasteiger partial charge in [-0.1, -0.05) is 0 Å². The van der Waals surface area contributed by atoms with Gasteiger partial charge in [-0.05, 0) is 71.1 Å². The molecule has 29 heavy (non-hydrogen) atoms. The van der Waals surface area contributed by atoms with Gasteiger partial charge < -0.3 is 24.6 Å². The highest BCUT2D eigenvalue weighted by Crippen LogP contribution is 2.32. The molecule has 1 amide bonds. The Bertz CT molecular complexity index is 559. The highest BCUT2D eigenvalue weighted by Gasteiger charge is 2.35. The first-order chi connectivity index (χ1) is 13.9. The number of ether oxygens (including phenoxy) is 2. The SMILES string of the molecule is CN=C(NCCOCC1CC1)N1CCC(N(CC2CC2)C(=O)OC(C)(C)C)CC1. The van der Waals surface area contributed by atoms with Crippen molar-refractivity contribution in [2.24, 2.45) is 16.8 Å². The topological polar surface area (TPSA) is 66.4 Å². The first-order valence-corrected chi connectivity index (χ1v) is 11.4. The monoisotopic (exact) mass is 408 g/mol. The molecule has 0 atom stereocenters. The van der Waals surface area contributed by atoms with Gasteiger partial charge in [0.25, 0.3) is 0 Å². The van der Waals surface area contributed by atoms with Crippen LogP contribution in [0.4, 0.5) is 4.79 Å². The van der Waals surface area contributed by atoms with Gasteiger partial charge in [0.15, 0.2) is 5.96 Å². The lowest BCUT2D eigenvalue weighted by atomic mass is 10.0. The van der Waals surface area contributed by atoms with E-state index in [2.05, 4.69) is 15.2 Å². The van der Waals surface area contributed by atoms with E-state index in [9.17, 15) is 4.79 Å². The third kappa shape index (κ3) is 7.68. The minimum absolute atomic E-state index is 0.154. The molecule has 0 radical (unpaired) electrons. The Kier molecular flexibility index (Phi) is 7.66. The predicted octanol–water partition coefficient (Wildman–Crippen LogP) is 3.10. The number of carbonyl (C=O) groups is 1. The van der Waals surface area contributed by atoms with Crippen LogP contribution in [0.25, 0.3) is 0 Å². The van der Waals surface area contributed by atoms with Gasteiger partial charge in [-0.15, -0.1) is 0 Å². The highest BCUT2D eigenvalue weighted by molar-refractivity contribution is 5.80. The van der Waals surface area contributed by atoms with E-state index in [-0.39, 0.29) is 12.1 Å². The molecule has 0 bridgehead atoms. The maximum Gasteiger partial charge on any atom is 0.410 e. The van der Waals surface area contributed by atoms with Crippen LogP contribution in [0, 0.1) is 11.8 Å². The summed E-state index contributed by atoms with van der Waals surface area (Å²) in [5.74, 6) is 2.40. The zero-order chi connectivity index (χ0) is 20.9. The largest absolute Gasteiger partial charge is 0.444 e. The normalized spacial score (nSPS) is 21.2. The molecule has 0 spiro atoms. The van der Waals surface area contributed by atoms with Gasteiger partial charge in [0.1, 0.15) is 5.60 Å². The van der Waals surface area contributed by atoms with Crippen LogP contribution in [0.15, 0.2) is 4.99 Å². The van der Waals surface area contributed by atoms with E-state index in [1.807, 2.05) is 32.7 Å². The number of carbonyl (C=O) groups excluding carboxylic acids is 1. The molecule has 0 aromatic carbocycles. The number of hydrogen-bond acceptors (Lipinski definition) is 4. The van der Waals surface area contributed by atoms with Crippen LogP contribution in [0.1, 0.15) is 59.3 Å². The summed E-state index contributed by atoms with van der Waals surface area (Å²) in [7, 11) is 1.83. The first-order valence-electron chi connectivity index (χ1n) is 11.4. The van der Waals surface area contributed by atoms with Gasteiger partial charge in [0.05, 0.1) is 6.61 Å². The van der Waals surface area contributed by atoms with Crippen LogP contribution in [-0.4, -0.2) is 79.9 Å². The predicted molar refractivity (Wildman–Crippen MR) is 115 cm³/mol. The lowest BCUT2D eigenvalue weighted by molar-refractivity contribution is 0.00926. The number of piperidine rings is 1. The molecule has 3 aliphatic rings. The molecule has 0 aromatic heterocycles. The molecule has 1 aliphatic heterocycles. The number of aliphatic imine (C=N–C) groups is 1. The second-order valence-corrected chi connectivity index (χ2v) is 9.79. The number of nitrogens with zero attached hydrogens (tertiary/aromatic N) is 3. The fraction of sp³-hybridized carbons (Fsp3) is 0.909.